The summed E-state index contributed by atoms with van der Waals surface area (Å²) in [5.74, 6) is 1.09. The zero-order chi connectivity index (χ0) is 15.2. The Balaban J connectivity index is 1.69. The van der Waals surface area contributed by atoms with Crippen molar-refractivity contribution in [2.24, 2.45) is 11.8 Å². The van der Waals surface area contributed by atoms with Crippen molar-refractivity contribution in [2.75, 3.05) is 19.6 Å². The fraction of sp³-hybridized carbons (Fsp3) is 0.600. The summed E-state index contributed by atoms with van der Waals surface area (Å²) in [6, 6.07) is 3.48. The molecule has 0 saturated carbocycles. The number of carbonyl (C=O) groups is 2. The third-order valence-corrected chi connectivity index (χ3v) is 4.62. The van der Waals surface area contributed by atoms with Crippen molar-refractivity contribution >= 4 is 23.3 Å². The summed E-state index contributed by atoms with van der Waals surface area (Å²) in [5, 5.41) is 7.08. The van der Waals surface area contributed by atoms with Crippen molar-refractivity contribution in [3.63, 3.8) is 0 Å². The van der Waals surface area contributed by atoms with Crippen LogP contribution in [-0.4, -0.2) is 31.6 Å². The maximum atomic E-state index is 11.9. The summed E-state index contributed by atoms with van der Waals surface area (Å²) in [4.78, 5) is 25.9. The number of nitrogens with one attached hydrogen (secondary N) is 3. The lowest BCUT2D eigenvalue weighted by Gasteiger charge is -2.31. The molecule has 3 atom stereocenters. The van der Waals surface area contributed by atoms with Gasteiger partial charge in [-0.3, -0.25) is 10.1 Å². The van der Waals surface area contributed by atoms with E-state index in [1.807, 2.05) is 17.5 Å². The van der Waals surface area contributed by atoms with Crippen LogP contribution < -0.4 is 15.5 Å². The Morgan fingerprint density at radius 1 is 1.33 bits per heavy atom. The molecule has 1 fully saturated rings. The molecule has 0 bridgehead atoms. The van der Waals surface area contributed by atoms with Gasteiger partial charge in [-0.05, 0) is 17.9 Å². The summed E-state index contributed by atoms with van der Waals surface area (Å²) in [7, 11) is 0. The van der Waals surface area contributed by atoms with Crippen LogP contribution >= 0.6 is 11.3 Å². The number of piperidine rings is 1. The second kappa shape index (κ2) is 7.56. The Hall–Kier alpha value is -1.40. The predicted octanol–water partition coefficient (Wildman–Crippen LogP) is 0.635. The van der Waals surface area contributed by atoms with Crippen molar-refractivity contribution in [2.45, 2.75) is 26.8 Å². The molecule has 1 unspecified atom stereocenters. The van der Waals surface area contributed by atoms with E-state index in [0.29, 0.717) is 24.9 Å². The summed E-state index contributed by atoms with van der Waals surface area (Å²) in [6.07, 6.45) is 1.23. The molecule has 2 rings (SSSR count). The molecule has 0 spiro atoms. The summed E-state index contributed by atoms with van der Waals surface area (Å²) >= 11 is 1.58. The van der Waals surface area contributed by atoms with Gasteiger partial charge in [-0.25, -0.2) is 4.79 Å². The first kappa shape index (κ1) is 16.0. The van der Waals surface area contributed by atoms with Crippen LogP contribution in [0.25, 0.3) is 0 Å². The lowest BCUT2D eigenvalue weighted by Crippen LogP contribution is -3.15. The van der Waals surface area contributed by atoms with Crippen molar-refractivity contribution in [3.8, 4) is 0 Å². The van der Waals surface area contributed by atoms with E-state index in [1.54, 1.807) is 11.3 Å². The third kappa shape index (κ3) is 5.47. The standard InChI is InChI=1S/C15H23N3O2S/c1-11-6-12(2)9-18(8-11)10-14(19)17-15(20)16-7-13-4-3-5-21-13/h3-5,11-12H,6-10H2,1-2H3,(H2,16,17,19,20)/p+1/t11-,12+. The van der Waals surface area contributed by atoms with E-state index < -0.39 is 6.03 Å². The largest absolute Gasteiger partial charge is 0.333 e. The number of thiophene rings is 1. The highest BCUT2D eigenvalue weighted by molar-refractivity contribution is 7.09. The highest BCUT2D eigenvalue weighted by Gasteiger charge is 2.27. The van der Waals surface area contributed by atoms with Gasteiger partial charge in [0.15, 0.2) is 6.54 Å². The Labute approximate surface area is 129 Å². The molecule has 0 radical (unpaired) electrons. The number of carbonyl (C=O) groups excluding carboxylic acids is 2. The van der Waals surface area contributed by atoms with Crippen molar-refractivity contribution in [3.05, 3.63) is 22.4 Å². The van der Waals surface area contributed by atoms with Crippen molar-refractivity contribution < 1.29 is 14.5 Å². The molecule has 6 heteroatoms. The Bertz CT molecular complexity index is 465. The molecule has 3 N–H and O–H groups in total. The first-order valence-electron chi connectivity index (χ1n) is 7.46. The van der Waals surface area contributed by atoms with Gasteiger partial charge in [0, 0.05) is 16.7 Å². The minimum atomic E-state index is -0.411. The van der Waals surface area contributed by atoms with E-state index in [2.05, 4.69) is 24.5 Å². The van der Waals surface area contributed by atoms with Gasteiger partial charge in [0.05, 0.1) is 19.6 Å². The van der Waals surface area contributed by atoms with E-state index in [4.69, 9.17) is 0 Å². The number of imide groups is 1. The van der Waals surface area contributed by atoms with Crippen LogP contribution in [0.2, 0.25) is 0 Å². The second-order valence-electron chi connectivity index (χ2n) is 6.09. The molecular formula is C15H24N3O2S+. The minimum Gasteiger partial charge on any atom is -0.333 e. The van der Waals surface area contributed by atoms with Gasteiger partial charge < -0.3 is 10.2 Å². The lowest BCUT2D eigenvalue weighted by molar-refractivity contribution is -0.904. The molecule has 1 aromatic rings. The van der Waals surface area contributed by atoms with Gasteiger partial charge in [0.2, 0.25) is 0 Å². The highest BCUT2D eigenvalue weighted by atomic mass is 32.1. The number of quaternary nitrogens is 1. The SMILES string of the molecule is C[C@@H]1C[C@H](C)C[NH+](CC(=O)NC(=O)NCc2cccs2)C1. The van der Waals surface area contributed by atoms with Crippen molar-refractivity contribution in [1.82, 2.24) is 10.6 Å². The molecule has 2 heterocycles. The van der Waals surface area contributed by atoms with Gasteiger partial charge in [-0.15, -0.1) is 11.3 Å². The van der Waals surface area contributed by atoms with Gasteiger partial charge >= 0.3 is 6.03 Å². The number of hydrogen-bond acceptors (Lipinski definition) is 3. The monoisotopic (exact) mass is 310 g/mol. The summed E-state index contributed by atoms with van der Waals surface area (Å²) in [6.45, 7) is 7.30. The van der Waals surface area contributed by atoms with Gasteiger partial charge in [0.1, 0.15) is 0 Å². The van der Waals surface area contributed by atoms with Crippen LogP contribution in [0.15, 0.2) is 17.5 Å². The van der Waals surface area contributed by atoms with Gasteiger partial charge in [-0.2, -0.15) is 0 Å². The molecule has 1 aliphatic heterocycles. The quantitative estimate of drug-likeness (QED) is 0.764. The molecule has 0 aromatic carbocycles. The van der Waals surface area contributed by atoms with E-state index in [1.165, 1.54) is 11.3 Å². The van der Waals surface area contributed by atoms with Gasteiger partial charge in [-0.1, -0.05) is 19.9 Å². The summed E-state index contributed by atoms with van der Waals surface area (Å²) in [5.41, 5.74) is 0. The fourth-order valence-corrected chi connectivity index (χ4v) is 3.73. The molecule has 3 amide bonds. The topological polar surface area (TPSA) is 62.6 Å². The van der Waals surface area contributed by atoms with Crippen LogP contribution in [0.5, 0.6) is 0 Å². The predicted molar refractivity (Wildman–Crippen MR) is 83.2 cm³/mol. The van der Waals surface area contributed by atoms with E-state index in [0.717, 1.165) is 18.0 Å². The average Bonchev–Trinajstić information content (AvgIpc) is 2.87. The smallest absolute Gasteiger partial charge is 0.321 e. The molecule has 0 aliphatic carbocycles. The van der Waals surface area contributed by atoms with Gasteiger partial charge in [0.25, 0.3) is 5.91 Å². The number of hydrogen-bond donors (Lipinski definition) is 3. The maximum Gasteiger partial charge on any atom is 0.321 e. The second-order valence-corrected chi connectivity index (χ2v) is 7.12. The zero-order valence-corrected chi connectivity index (χ0v) is 13.5. The molecule has 1 aromatic heterocycles. The molecule has 21 heavy (non-hydrogen) atoms. The Morgan fingerprint density at radius 3 is 2.67 bits per heavy atom. The van der Waals surface area contributed by atoms with E-state index in [9.17, 15) is 9.59 Å². The van der Waals surface area contributed by atoms with Crippen LogP contribution in [0.1, 0.15) is 25.1 Å². The van der Waals surface area contributed by atoms with Crippen molar-refractivity contribution in [1.29, 1.82) is 0 Å². The zero-order valence-electron chi connectivity index (χ0n) is 12.6. The highest BCUT2D eigenvalue weighted by Crippen LogP contribution is 2.11. The number of likely N-dealkylation sites (tertiary alicyclic amines) is 1. The molecule has 1 aliphatic rings. The minimum absolute atomic E-state index is 0.199. The first-order chi connectivity index (χ1) is 10.0. The Kier molecular flexibility index (Phi) is 5.76. The molecule has 116 valence electrons. The van der Waals surface area contributed by atoms with Crippen LogP contribution in [0.4, 0.5) is 4.79 Å². The average molecular weight is 310 g/mol. The van der Waals surface area contributed by atoms with Crippen LogP contribution in [0.3, 0.4) is 0 Å². The van der Waals surface area contributed by atoms with Crippen LogP contribution in [-0.2, 0) is 11.3 Å². The number of urea groups is 1. The normalized spacial score (nSPS) is 25.3. The summed E-state index contributed by atoms with van der Waals surface area (Å²) < 4.78 is 0. The van der Waals surface area contributed by atoms with Crippen LogP contribution in [0, 0.1) is 11.8 Å². The molecule has 5 nitrogen and oxygen atoms in total. The molecular weight excluding hydrogens is 286 g/mol. The third-order valence-electron chi connectivity index (χ3n) is 3.75. The lowest BCUT2D eigenvalue weighted by atomic mass is 9.92. The first-order valence-corrected chi connectivity index (χ1v) is 8.34. The molecule has 1 saturated heterocycles. The number of rotatable bonds is 4. The maximum absolute atomic E-state index is 11.9. The Morgan fingerprint density at radius 2 is 2.05 bits per heavy atom. The van der Waals surface area contributed by atoms with E-state index >= 15 is 0 Å². The van der Waals surface area contributed by atoms with E-state index in [-0.39, 0.29) is 5.91 Å². The fourth-order valence-electron chi connectivity index (χ4n) is 3.09. The number of amides is 3.